The third kappa shape index (κ3) is 1.39. The molecule has 1 aliphatic heterocycles. The van der Waals surface area contributed by atoms with Crippen molar-refractivity contribution in [2.45, 2.75) is 25.3 Å². The fourth-order valence-corrected chi connectivity index (χ4v) is 2.97. The van der Waals surface area contributed by atoms with Gasteiger partial charge in [-0.15, -0.1) is 0 Å². The topological polar surface area (TPSA) is 27.0 Å². The summed E-state index contributed by atoms with van der Waals surface area (Å²) in [5.41, 5.74) is 2.05. The molecule has 2 fully saturated rings. The first-order chi connectivity index (χ1) is 7.36. The van der Waals surface area contributed by atoms with Crippen LogP contribution in [-0.4, -0.2) is 12.6 Å². The molecular weight excluding hydrogens is 184 g/mol. The third-order valence-electron chi connectivity index (χ3n) is 3.74. The molecule has 1 aliphatic carbocycles. The lowest BCUT2D eigenvalue weighted by molar-refractivity contribution is 0.553. The lowest BCUT2D eigenvalue weighted by Gasteiger charge is -2.29. The van der Waals surface area contributed by atoms with Gasteiger partial charge in [0.2, 0.25) is 0 Å². The van der Waals surface area contributed by atoms with Crippen LogP contribution in [0.15, 0.2) is 24.3 Å². The van der Waals surface area contributed by atoms with Crippen molar-refractivity contribution < 1.29 is 0 Å². The van der Waals surface area contributed by atoms with Gasteiger partial charge in [0.15, 0.2) is 0 Å². The zero-order chi connectivity index (χ0) is 10.3. The largest absolute Gasteiger partial charge is 0.368 e. The molecule has 1 heterocycles. The highest BCUT2D eigenvalue weighted by Gasteiger charge is 2.37. The second-order valence-electron chi connectivity index (χ2n) is 4.64. The van der Waals surface area contributed by atoms with Gasteiger partial charge in [-0.3, -0.25) is 0 Å². The van der Waals surface area contributed by atoms with Gasteiger partial charge < -0.3 is 4.90 Å². The van der Waals surface area contributed by atoms with Gasteiger partial charge in [-0.05, 0) is 49.4 Å². The lowest BCUT2D eigenvalue weighted by Crippen LogP contribution is -2.31. The summed E-state index contributed by atoms with van der Waals surface area (Å²) in [4.78, 5) is 2.51. The van der Waals surface area contributed by atoms with Gasteiger partial charge >= 0.3 is 0 Å². The van der Waals surface area contributed by atoms with Crippen LogP contribution in [0.2, 0.25) is 0 Å². The number of rotatable bonds is 1. The molecule has 1 saturated heterocycles. The van der Waals surface area contributed by atoms with Gasteiger partial charge in [0.1, 0.15) is 0 Å². The minimum absolute atomic E-state index is 0.753. The van der Waals surface area contributed by atoms with E-state index in [4.69, 9.17) is 5.26 Å². The van der Waals surface area contributed by atoms with E-state index >= 15 is 0 Å². The molecule has 0 N–H and O–H groups in total. The molecule has 0 spiro atoms. The molecule has 2 atom stereocenters. The summed E-state index contributed by atoms with van der Waals surface area (Å²) in [7, 11) is 0. The molecule has 3 rings (SSSR count). The Morgan fingerprint density at radius 1 is 1.20 bits per heavy atom. The quantitative estimate of drug-likeness (QED) is 0.693. The highest BCUT2D eigenvalue weighted by Crippen LogP contribution is 2.39. The first-order valence-electron chi connectivity index (χ1n) is 5.63. The number of piperidine rings is 1. The summed E-state index contributed by atoms with van der Waals surface area (Å²) in [6.45, 7) is 1.22. The minimum Gasteiger partial charge on any atom is -0.368 e. The van der Waals surface area contributed by atoms with Crippen LogP contribution in [0.25, 0.3) is 0 Å². The van der Waals surface area contributed by atoms with E-state index in [-0.39, 0.29) is 0 Å². The van der Waals surface area contributed by atoms with Gasteiger partial charge in [-0.2, -0.15) is 5.26 Å². The van der Waals surface area contributed by atoms with Gasteiger partial charge in [-0.1, -0.05) is 0 Å². The van der Waals surface area contributed by atoms with Crippen LogP contribution < -0.4 is 4.90 Å². The number of hydrogen-bond donors (Lipinski definition) is 0. The zero-order valence-corrected chi connectivity index (χ0v) is 8.69. The molecule has 1 saturated carbocycles. The van der Waals surface area contributed by atoms with Crippen molar-refractivity contribution in [3.63, 3.8) is 0 Å². The van der Waals surface area contributed by atoms with Crippen molar-refractivity contribution in [1.82, 2.24) is 0 Å². The highest BCUT2D eigenvalue weighted by molar-refractivity contribution is 5.52. The van der Waals surface area contributed by atoms with Crippen molar-refractivity contribution in [1.29, 1.82) is 5.26 Å². The maximum absolute atomic E-state index is 8.74. The number of fused-ring (bicyclic) bond motifs is 2. The van der Waals surface area contributed by atoms with Crippen molar-refractivity contribution in [3.05, 3.63) is 29.8 Å². The summed E-state index contributed by atoms with van der Waals surface area (Å²) in [6.07, 6.45) is 4.14. The van der Waals surface area contributed by atoms with Gasteiger partial charge in [0, 0.05) is 18.3 Å². The fourth-order valence-electron chi connectivity index (χ4n) is 2.97. The van der Waals surface area contributed by atoms with E-state index < -0.39 is 0 Å². The van der Waals surface area contributed by atoms with E-state index in [0.717, 1.165) is 17.5 Å². The van der Waals surface area contributed by atoms with Crippen molar-refractivity contribution >= 4 is 5.69 Å². The van der Waals surface area contributed by atoms with E-state index in [1.807, 2.05) is 12.1 Å². The Labute approximate surface area is 90.1 Å². The highest BCUT2D eigenvalue weighted by atomic mass is 15.2. The average molecular weight is 198 g/mol. The monoisotopic (exact) mass is 198 g/mol. The number of nitriles is 1. The maximum Gasteiger partial charge on any atom is 0.0991 e. The molecule has 0 unspecified atom stereocenters. The number of anilines is 1. The molecule has 2 aliphatic rings. The van der Waals surface area contributed by atoms with Crippen LogP contribution in [0.1, 0.15) is 24.8 Å². The van der Waals surface area contributed by atoms with Crippen molar-refractivity contribution in [2.75, 3.05) is 11.4 Å². The SMILES string of the molecule is N#Cc1ccc(N2C[C@@H]3CC[C@H]2C3)cc1. The van der Waals surface area contributed by atoms with Crippen LogP contribution in [0.3, 0.4) is 0 Å². The normalized spacial score (nSPS) is 28.1. The van der Waals surface area contributed by atoms with Crippen molar-refractivity contribution in [2.24, 2.45) is 5.92 Å². The van der Waals surface area contributed by atoms with Crippen LogP contribution in [-0.2, 0) is 0 Å². The van der Waals surface area contributed by atoms with E-state index in [1.165, 1.54) is 31.5 Å². The molecule has 15 heavy (non-hydrogen) atoms. The lowest BCUT2D eigenvalue weighted by atomic mass is 10.1. The Morgan fingerprint density at radius 2 is 2.00 bits per heavy atom. The second-order valence-corrected chi connectivity index (χ2v) is 4.64. The predicted molar refractivity (Wildman–Crippen MR) is 59.6 cm³/mol. The van der Waals surface area contributed by atoms with Gasteiger partial charge in [0.25, 0.3) is 0 Å². The average Bonchev–Trinajstić information content (AvgIpc) is 2.91. The Balaban J connectivity index is 1.85. The van der Waals surface area contributed by atoms with E-state index in [2.05, 4.69) is 23.1 Å². The fraction of sp³-hybridized carbons (Fsp3) is 0.462. The molecule has 2 bridgehead atoms. The summed E-state index contributed by atoms with van der Waals surface area (Å²) in [6, 6.07) is 10.9. The van der Waals surface area contributed by atoms with Crippen LogP contribution in [0.5, 0.6) is 0 Å². The molecule has 0 aromatic heterocycles. The Kier molecular flexibility index (Phi) is 1.92. The van der Waals surface area contributed by atoms with Crippen LogP contribution >= 0.6 is 0 Å². The molecular formula is C13H14N2. The van der Waals surface area contributed by atoms with Gasteiger partial charge in [-0.25, -0.2) is 0 Å². The molecule has 1 aromatic carbocycles. The molecule has 0 amide bonds. The Hall–Kier alpha value is -1.49. The van der Waals surface area contributed by atoms with Gasteiger partial charge in [0.05, 0.1) is 11.6 Å². The van der Waals surface area contributed by atoms with E-state index in [9.17, 15) is 0 Å². The molecule has 2 nitrogen and oxygen atoms in total. The first-order valence-corrected chi connectivity index (χ1v) is 5.63. The summed E-state index contributed by atoms with van der Waals surface area (Å²) in [5, 5.41) is 8.74. The molecule has 0 radical (unpaired) electrons. The smallest absolute Gasteiger partial charge is 0.0991 e. The maximum atomic E-state index is 8.74. The zero-order valence-electron chi connectivity index (χ0n) is 8.69. The molecule has 1 aromatic rings. The summed E-state index contributed by atoms with van der Waals surface area (Å²) in [5.74, 6) is 0.922. The molecule has 76 valence electrons. The summed E-state index contributed by atoms with van der Waals surface area (Å²) >= 11 is 0. The Bertz CT molecular complexity index is 402. The summed E-state index contributed by atoms with van der Waals surface area (Å²) < 4.78 is 0. The number of hydrogen-bond acceptors (Lipinski definition) is 2. The van der Waals surface area contributed by atoms with E-state index in [0.29, 0.717) is 0 Å². The van der Waals surface area contributed by atoms with E-state index in [1.54, 1.807) is 0 Å². The molecule has 2 heteroatoms. The predicted octanol–water partition coefficient (Wildman–Crippen LogP) is 2.55. The van der Waals surface area contributed by atoms with Crippen molar-refractivity contribution in [3.8, 4) is 6.07 Å². The number of nitrogens with zero attached hydrogens (tertiary/aromatic N) is 2. The number of benzene rings is 1. The van der Waals surface area contributed by atoms with Crippen LogP contribution in [0.4, 0.5) is 5.69 Å². The van der Waals surface area contributed by atoms with Crippen LogP contribution in [0, 0.1) is 17.2 Å². The Morgan fingerprint density at radius 3 is 2.53 bits per heavy atom. The standard InChI is InChI=1S/C13H14N2/c14-8-10-1-4-12(5-2-10)15-9-11-3-6-13(15)7-11/h1-2,4-5,11,13H,3,6-7,9H2/t11-,13+/m1/s1. The second kappa shape index (κ2) is 3.27. The minimum atomic E-state index is 0.753. The third-order valence-corrected chi connectivity index (χ3v) is 3.74. The first kappa shape index (κ1) is 8.79.